The van der Waals surface area contributed by atoms with Gasteiger partial charge in [-0.3, -0.25) is 10.1 Å². The quantitative estimate of drug-likeness (QED) is 0.0966. The molecule has 2 aliphatic rings. The van der Waals surface area contributed by atoms with Crippen molar-refractivity contribution in [1.29, 1.82) is 0 Å². The second kappa shape index (κ2) is 15.9. The molecule has 1 N–H and O–H groups in total. The summed E-state index contributed by atoms with van der Waals surface area (Å²) in [7, 11) is 1.26. The summed E-state index contributed by atoms with van der Waals surface area (Å²) in [5.74, 6) is -1.21. The molecule has 0 bridgehead atoms. The van der Waals surface area contributed by atoms with E-state index in [4.69, 9.17) is 9.47 Å². The van der Waals surface area contributed by atoms with Crippen molar-refractivity contribution < 1.29 is 24.0 Å². The monoisotopic (exact) mass is 685 g/mol. The van der Waals surface area contributed by atoms with Crippen LogP contribution in [0.25, 0.3) is 0 Å². The normalized spacial score (nSPS) is 16.5. The van der Waals surface area contributed by atoms with Crippen LogP contribution in [0.4, 0.5) is 11.4 Å². The number of hydrogen-bond acceptors (Lipinski definition) is 8. The molecular formula is C42H43N3O6. The molecular weight excluding hydrogens is 642 g/mol. The van der Waals surface area contributed by atoms with Crippen LogP contribution in [0, 0.1) is 16.0 Å². The van der Waals surface area contributed by atoms with Gasteiger partial charge in [0.2, 0.25) is 0 Å². The third-order valence-electron chi connectivity index (χ3n) is 10.1. The van der Waals surface area contributed by atoms with Crippen LogP contribution in [0.15, 0.2) is 132 Å². The molecule has 0 saturated carbocycles. The highest BCUT2D eigenvalue weighted by Gasteiger charge is 2.38. The maximum absolute atomic E-state index is 13.6. The predicted octanol–water partition coefficient (Wildman–Crippen LogP) is 7.84. The zero-order valence-electron chi connectivity index (χ0n) is 29.2. The van der Waals surface area contributed by atoms with Gasteiger partial charge in [0.25, 0.3) is 5.69 Å². The minimum Gasteiger partial charge on any atom is -0.466 e. The van der Waals surface area contributed by atoms with E-state index in [1.165, 1.54) is 42.1 Å². The lowest BCUT2D eigenvalue weighted by atomic mass is 9.76. The lowest BCUT2D eigenvalue weighted by molar-refractivity contribution is -0.384. The van der Waals surface area contributed by atoms with E-state index < -0.39 is 22.8 Å². The number of anilines is 1. The number of nitro benzene ring substituents is 1. The Kier molecular flexibility index (Phi) is 10.9. The molecule has 6 rings (SSSR count). The van der Waals surface area contributed by atoms with Crippen molar-refractivity contribution in [2.45, 2.75) is 44.9 Å². The summed E-state index contributed by atoms with van der Waals surface area (Å²) in [6.07, 6.45) is 2.70. The van der Waals surface area contributed by atoms with E-state index in [1.54, 1.807) is 19.9 Å². The Bertz CT molecular complexity index is 1890. The first-order valence-corrected chi connectivity index (χ1v) is 17.4. The minimum absolute atomic E-state index is 0.124. The van der Waals surface area contributed by atoms with Gasteiger partial charge in [0, 0.05) is 54.6 Å². The highest BCUT2D eigenvalue weighted by Crippen LogP contribution is 2.41. The minimum atomic E-state index is -0.898. The number of nitro groups is 1. The van der Waals surface area contributed by atoms with Gasteiger partial charge in [-0.15, -0.1) is 0 Å². The second-order valence-corrected chi connectivity index (χ2v) is 13.2. The first kappa shape index (κ1) is 35.1. The van der Waals surface area contributed by atoms with Crippen molar-refractivity contribution in [2.24, 2.45) is 5.92 Å². The number of benzene rings is 4. The fourth-order valence-electron chi connectivity index (χ4n) is 7.56. The molecule has 1 atom stereocenters. The predicted molar refractivity (Wildman–Crippen MR) is 197 cm³/mol. The summed E-state index contributed by atoms with van der Waals surface area (Å²) in [5.41, 5.74) is 6.65. The number of esters is 2. The van der Waals surface area contributed by atoms with Gasteiger partial charge in [0.1, 0.15) is 0 Å². The van der Waals surface area contributed by atoms with Crippen LogP contribution in [-0.4, -0.2) is 43.7 Å². The Morgan fingerprint density at radius 1 is 0.824 bits per heavy atom. The number of methoxy groups -OCH3 is 1. The average Bonchev–Trinajstić information content (AvgIpc) is 3.16. The fraction of sp³-hybridized carbons (Fsp3) is 0.286. The number of hydrogen-bond donors (Lipinski definition) is 1. The lowest BCUT2D eigenvalue weighted by Crippen LogP contribution is -2.35. The smallest absolute Gasteiger partial charge is 0.336 e. The molecule has 1 fully saturated rings. The average molecular weight is 686 g/mol. The SMILES string of the molecule is COC(=O)C1=C(C)NC(C)=C(C(=O)OCCc2ccc(N3CCC(C(c4ccccc4)c4ccccc4)CC3)cc2)C1c1cccc([N+](=O)[O-])c1. The van der Waals surface area contributed by atoms with Crippen LogP contribution >= 0.6 is 0 Å². The molecule has 2 aliphatic heterocycles. The van der Waals surface area contributed by atoms with Crippen molar-refractivity contribution in [3.05, 3.63) is 164 Å². The number of nitrogens with zero attached hydrogens (tertiary/aromatic N) is 2. The molecule has 1 unspecified atom stereocenters. The lowest BCUT2D eigenvalue weighted by Gasteiger charge is -2.38. The Morgan fingerprint density at radius 2 is 1.41 bits per heavy atom. The van der Waals surface area contributed by atoms with Crippen LogP contribution in [0.5, 0.6) is 0 Å². The van der Waals surface area contributed by atoms with Crippen LogP contribution in [0.2, 0.25) is 0 Å². The number of nitrogens with one attached hydrogen (secondary N) is 1. The number of carbonyl (C=O) groups excluding carboxylic acids is 2. The maximum atomic E-state index is 13.6. The van der Waals surface area contributed by atoms with Gasteiger partial charge < -0.3 is 19.7 Å². The van der Waals surface area contributed by atoms with Crippen LogP contribution in [-0.2, 0) is 25.5 Å². The number of rotatable bonds is 11. The van der Waals surface area contributed by atoms with Gasteiger partial charge in [0.05, 0.1) is 35.7 Å². The van der Waals surface area contributed by atoms with Gasteiger partial charge in [-0.05, 0) is 67.0 Å². The Hall–Kier alpha value is -5.70. The first-order valence-electron chi connectivity index (χ1n) is 17.4. The van der Waals surface area contributed by atoms with E-state index in [0.717, 1.165) is 31.5 Å². The zero-order chi connectivity index (χ0) is 35.9. The third kappa shape index (κ3) is 7.88. The summed E-state index contributed by atoms with van der Waals surface area (Å²) in [4.78, 5) is 40.1. The summed E-state index contributed by atoms with van der Waals surface area (Å²) in [6, 6.07) is 36.0. The summed E-state index contributed by atoms with van der Waals surface area (Å²) in [6.45, 7) is 5.52. The molecule has 9 heteroatoms. The molecule has 2 heterocycles. The highest BCUT2D eigenvalue weighted by atomic mass is 16.6. The van der Waals surface area contributed by atoms with Gasteiger partial charge in [-0.2, -0.15) is 0 Å². The van der Waals surface area contributed by atoms with Gasteiger partial charge in [-0.1, -0.05) is 84.9 Å². The Balaban J connectivity index is 1.09. The molecule has 0 aliphatic carbocycles. The van der Waals surface area contributed by atoms with E-state index in [2.05, 4.69) is 95.1 Å². The van der Waals surface area contributed by atoms with Crippen LogP contribution in [0.3, 0.4) is 0 Å². The standard InChI is InChI=1S/C42H43N3O6/c1-28-37(41(46)50-3)40(34-15-10-16-36(27-34)45(48)49)38(29(2)43-28)42(47)51-26-23-30-17-19-35(20-18-30)44-24-21-33(22-25-44)39(31-11-6-4-7-12-31)32-13-8-5-9-14-32/h4-20,27,33,39-40,43H,21-26H2,1-3H3. The molecule has 0 spiro atoms. The summed E-state index contributed by atoms with van der Waals surface area (Å²) >= 11 is 0. The number of ether oxygens (including phenoxy) is 2. The second-order valence-electron chi connectivity index (χ2n) is 13.2. The molecule has 0 aromatic heterocycles. The molecule has 51 heavy (non-hydrogen) atoms. The number of piperidine rings is 1. The number of carbonyl (C=O) groups is 2. The van der Waals surface area contributed by atoms with E-state index in [1.807, 2.05) is 0 Å². The van der Waals surface area contributed by atoms with Crippen molar-refractivity contribution in [2.75, 3.05) is 31.7 Å². The maximum Gasteiger partial charge on any atom is 0.336 e. The van der Waals surface area contributed by atoms with Gasteiger partial charge >= 0.3 is 11.9 Å². The van der Waals surface area contributed by atoms with Crippen molar-refractivity contribution in [3.63, 3.8) is 0 Å². The fourth-order valence-corrected chi connectivity index (χ4v) is 7.56. The Morgan fingerprint density at radius 3 is 1.98 bits per heavy atom. The Labute approximate surface area is 298 Å². The molecule has 4 aromatic carbocycles. The third-order valence-corrected chi connectivity index (χ3v) is 10.1. The largest absolute Gasteiger partial charge is 0.466 e. The van der Waals surface area contributed by atoms with Crippen LogP contribution < -0.4 is 10.2 Å². The number of dihydropyridines is 1. The molecule has 0 radical (unpaired) electrons. The molecule has 1 saturated heterocycles. The summed E-state index contributed by atoms with van der Waals surface area (Å²) in [5, 5.41) is 14.7. The topological polar surface area (TPSA) is 111 Å². The number of non-ortho nitro benzene ring substituents is 1. The van der Waals surface area contributed by atoms with Crippen molar-refractivity contribution in [3.8, 4) is 0 Å². The summed E-state index contributed by atoms with van der Waals surface area (Å²) < 4.78 is 10.8. The molecule has 262 valence electrons. The van der Waals surface area contributed by atoms with E-state index >= 15 is 0 Å². The van der Waals surface area contributed by atoms with Crippen LogP contribution in [0.1, 0.15) is 60.8 Å². The molecule has 9 nitrogen and oxygen atoms in total. The van der Waals surface area contributed by atoms with Gasteiger partial charge in [-0.25, -0.2) is 9.59 Å². The zero-order valence-corrected chi connectivity index (χ0v) is 29.2. The van der Waals surface area contributed by atoms with E-state index in [9.17, 15) is 19.7 Å². The van der Waals surface area contributed by atoms with Gasteiger partial charge in [0.15, 0.2) is 0 Å². The van der Waals surface area contributed by atoms with Crippen molar-refractivity contribution in [1.82, 2.24) is 5.32 Å². The van der Waals surface area contributed by atoms with E-state index in [0.29, 0.717) is 35.2 Å². The highest BCUT2D eigenvalue weighted by molar-refractivity contribution is 5.99. The van der Waals surface area contributed by atoms with Crippen molar-refractivity contribution >= 4 is 23.3 Å². The molecule has 0 amide bonds. The number of allylic oxidation sites excluding steroid dienone is 2. The van der Waals surface area contributed by atoms with E-state index in [-0.39, 0.29) is 23.4 Å². The molecule has 4 aromatic rings. The first-order chi connectivity index (χ1) is 24.7.